The van der Waals surface area contributed by atoms with Gasteiger partial charge < -0.3 is 5.11 Å². The molecule has 0 saturated heterocycles. The van der Waals surface area contributed by atoms with Crippen LogP contribution in [0, 0.1) is 5.92 Å². The summed E-state index contributed by atoms with van der Waals surface area (Å²) in [4.78, 5) is 0. The lowest BCUT2D eigenvalue weighted by Gasteiger charge is -2.14. The molecule has 0 spiro atoms. The molecule has 0 amide bonds. The molecule has 0 aromatic rings. The molecule has 1 atom stereocenters. The van der Waals surface area contributed by atoms with Crippen molar-refractivity contribution in [3.8, 4) is 0 Å². The minimum Gasteiger partial charge on any atom is -0.396 e. The Morgan fingerprint density at radius 1 is 1.00 bits per heavy atom. The van der Waals surface area contributed by atoms with Crippen LogP contribution in [0.5, 0.6) is 0 Å². The molecule has 14 heavy (non-hydrogen) atoms. The predicted molar refractivity (Wildman–Crippen MR) is 67.0 cm³/mol. The van der Waals surface area contributed by atoms with Gasteiger partial charge >= 0.3 is 0 Å². The van der Waals surface area contributed by atoms with E-state index in [2.05, 4.69) is 19.6 Å². The summed E-state index contributed by atoms with van der Waals surface area (Å²) in [6.45, 7) is 2.61. The molecule has 0 heterocycles. The molecule has 0 aromatic heterocycles. The van der Waals surface area contributed by atoms with Crippen LogP contribution in [0.4, 0.5) is 0 Å². The van der Waals surface area contributed by atoms with Gasteiger partial charge in [0.25, 0.3) is 0 Å². The van der Waals surface area contributed by atoms with E-state index < -0.39 is 0 Å². The van der Waals surface area contributed by atoms with E-state index in [1.165, 1.54) is 44.9 Å². The Kier molecular flexibility index (Phi) is 11.6. The second kappa shape index (κ2) is 11.4. The van der Waals surface area contributed by atoms with Crippen molar-refractivity contribution < 1.29 is 5.11 Å². The molecule has 0 rings (SSSR count). The monoisotopic (exact) mass is 218 g/mol. The molecule has 0 aromatic carbocycles. The van der Waals surface area contributed by atoms with Gasteiger partial charge in [-0.1, -0.05) is 39.0 Å². The van der Waals surface area contributed by atoms with Crippen LogP contribution in [-0.2, 0) is 0 Å². The van der Waals surface area contributed by atoms with Crippen LogP contribution < -0.4 is 0 Å². The van der Waals surface area contributed by atoms with Crippen molar-refractivity contribution in [3.05, 3.63) is 0 Å². The standard InChI is InChI=1S/C12H26OS/c1-2-7-12(9-6-10-13)8-4-3-5-11-14/h12-14H,2-11H2,1H3. The molecule has 0 fully saturated rings. The highest BCUT2D eigenvalue weighted by Gasteiger charge is 2.06. The van der Waals surface area contributed by atoms with Gasteiger partial charge in [-0.3, -0.25) is 0 Å². The van der Waals surface area contributed by atoms with E-state index in [0.29, 0.717) is 6.61 Å². The van der Waals surface area contributed by atoms with Crippen molar-refractivity contribution >= 4 is 12.6 Å². The van der Waals surface area contributed by atoms with Gasteiger partial charge in [0.15, 0.2) is 0 Å². The zero-order chi connectivity index (χ0) is 10.6. The second-order valence-corrected chi connectivity index (χ2v) is 4.54. The maximum Gasteiger partial charge on any atom is 0.0431 e. The number of aliphatic hydroxyl groups is 1. The minimum absolute atomic E-state index is 0.358. The fraction of sp³-hybridized carbons (Fsp3) is 1.00. The predicted octanol–water partition coefficient (Wildman–Crippen LogP) is 3.67. The number of aliphatic hydroxyl groups excluding tert-OH is 1. The first kappa shape index (κ1) is 14.3. The first-order chi connectivity index (χ1) is 6.85. The lowest BCUT2D eigenvalue weighted by atomic mass is 9.92. The van der Waals surface area contributed by atoms with Crippen LogP contribution >= 0.6 is 12.6 Å². The molecule has 0 aliphatic heterocycles. The molecule has 0 bridgehead atoms. The van der Waals surface area contributed by atoms with Crippen molar-refractivity contribution in [2.75, 3.05) is 12.4 Å². The minimum atomic E-state index is 0.358. The molecular formula is C12H26OS. The fourth-order valence-electron chi connectivity index (χ4n) is 1.94. The number of hydrogen-bond acceptors (Lipinski definition) is 2. The zero-order valence-corrected chi connectivity index (χ0v) is 10.4. The topological polar surface area (TPSA) is 20.2 Å². The Morgan fingerprint density at radius 2 is 1.71 bits per heavy atom. The Labute approximate surface area is 94.7 Å². The van der Waals surface area contributed by atoms with E-state index in [4.69, 9.17) is 5.11 Å². The van der Waals surface area contributed by atoms with Crippen molar-refractivity contribution in [1.29, 1.82) is 0 Å². The molecule has 0 aliphatic rings. The molecule has 0 radical (unpaired) electrons. The van der Waals surface area contributed by atoms with E-state index in [1.54, 1.807) is 0 Å². The molecule has 86 valence electrons. The quantitative estimate of drug-likeness (QED) is 0.423. The lowest BCUT2D eigenvalue weighted by molar-refractivity contribution is 0.263. The number of hydrogen-bond donors (Lipinski definition) is 2. The Balaban J connectivity index is 3.40. The Morgan fingerprint density at radius 3 is 2.29 bits per heavy atom. The highest BCUT2D eigenvalue weighted by atomic mass is 32.1. The van der Waals surface area contributed by atoms with Crippen molar-refractivity contribution in [3.63, 3.8) is 0 Å². The summed E-state index contributed by atoms with van der Waals surface area (Å²) in [6, 6.07) is 0. The first-order valence-electron chi connectivity index (χ1n) is 6.06. The van der Waals surface area contributed by atoms with Crippen LogP contribution in [0.3, 0.4) is 0 Å². The van der Waals surface area contributed by atoms with Gasteiger partial charge in [0.1, 0.15) is 0 Å². The summed E-state index contributed by atoms with van der Waals surface area (Å²) in [7, 11) is 0. The van der Waals surface area contributed by atoms with E-state index in [-0.39, 0.29) is 0 Å². The molecule has 0 saturated carbocycles. The van der Waals surface area contributed by atoms with Crippen LogP contribution in [-0.4, -0.2) is 17.5 Å². The van der Waals surface area contributed by atoms with Gasteiger partial charge in [-0.15, -0.1) is 0 Å². The Bertz CT molecular complexity index is 106. The fourth-order valence-corrected chi connectivity index (χ4v) is 2.17. The van der Waals surface area contributed by atoms with Crippen molar-refractivity contribution in [2.24, 2.45) is 5.92 Å². The molecule has 1 nitrogen and oxygen atoms in total. The van der Waals surface area contributed by atoms with Gasteiger partial charge in [0.2, 0.25) is 0 Å². The number of unbranched alkanes of at least 4 members (excludes halogenated alkanes) is 2. The van der Waals surface area contributed by atoms with Gasteiger partial charge in [-0.05, 0) is 30.9 Å². The van der Waals surface area contributed by atoms with E-state index in [9.17, 15) is 0 Å². The summed E-state index contributed by atoms with van der Waals surface area (Å²) in [5.41, 5.74) is 0. The second-order valence-electron chi connectivity index (χ2n) is 4.09. The zero-order valence-electron chi connectivity index (χ0n) is 9.54. The molecule has 2 heteroatoms. The van der Waals surface area contributed by atoms with Crippen LogP contribution in [0.1, 0.15) is 58.3 Å². The smallest absolute Gasteiger partial charge is 0.0431 e. The lowest BCUT2D eigenvalue weighted by Crippen LogP contribution is -2.01. The SMILES string of the molecule is CCCC(CCCO)CCCCCS. The number of rotatable bonds is 10. The van der Waals surface area contributed by atoms with Gasteiger partial charge in [-0.25, -0.2) is 0 Å². The maximum atomic E-state index is 8.78. The summed E-state index contributed by atoms with van der Waals surface area (Å²) in [5.74, 6) is 1.88. The third kappa shape index (κ3) is 8.89. The van der Waals surface area contributed by atoms with Crippen LogP contribution in [0.25, 0.3) is 0 Å². The van der Waals surface area contributed by atoms with Crippen molar-refractivity contribution in [1.82, 2.24) is 0 Å². The van der Waals surface area contributed by atoms with E-state index in [0.717, 1.165) is 18.1 Å². The number of thiol groups is 1. The largest absolute Gasteiger partial charge is 0.396 e. The third-order valence-electron chi connectivity index (χ3n) is 2.74. The summed E-state index contributed by atoms with van der Waals surface area (Å²) >= 11 is 4.21. The van der Waals surface area contributed by atoms with E-state index >= 15 is 0 Å². The summed E-state index contributed by atoms with van der Waals surface area (Å²) in [5, 5.41) is 8.78. The van der Waals surface area contributed by atoms with Crippen LogP contribution in [0.2, 0.25) is 0 Å². The van der Waals surface area contributed by atoms with Gasteiger partial charge in [0, 0.05) is 6.61 Å². The summed E-state index contributed by atoms with van der Waals surface area (Å²) in [6.07, 6.45) is 10.1. The van der Waals surface area contributed by atoms with E-state index in [1.807, 2.05) is 0 Å². The van der Waals surface area contributed by atoms with Gasteiger partial charge in [0.05, 0.1) is 0 Å². The average molecular weight is 218 g/mol. The third-order valence-corrected chi connectivity index (χ3v) is 3.05. The summed E-state index contributed by atoms with van der Waals surface area (Å²) < 4.78 is 0. The highest BCUT2D eigenvalue weighted by molar-refractivity contribution is 7.80. The molecule has 1 unspecified atom stereocenters. The molecular weight excluding hydrogens is 192 g/mol. The van der Waals surface area contributed by atoms with Gasteiger partial charge in [-0.2, -0.15) is 12.6 Å². The first-order valence-corrected chi connectivity index (χ1v) is 6.70. The molecule has 1 N–H and O–H groups in total. The maximum absolute atomic E-state index is 8.78. The average Bonchev–Trinajstić information content (AvgIpc) is 2.20. The van der Waals surface area contributed by atoms with Crippen molar-refractivity contribution in [2.45, 2.75) is 58.3 Å². The Hall–Kier alpha value is 0.310. The highest BCUT2D eigenvalue weighted by Crippen LogP contribution is 2.20. The normalized spacial score (nSPS) is 13.1. The molecule has 0 aliphatic carbocycles. The van der Waals surface area contributed by atoms with Crippen LogP contribution in [0.15, 0.2) is 0 Å².